The van der Waals surface area contributed by atoms with Gasteiger partial charge >= 0.3 is 6.03 Å². The van der Waals surface area contributed by atoms with Gasteiger partial charge in [-0.05, 0) is 44.0 Å². The number of nitrogens with zero attached hydrogens (tertiary/aromatic N) is 1. The predicted octanol–water partition coefficient (Wildman–Crippen LogP) is 3.82. The number of urea groups is 1. The first kappa shape index (κ1) is 14.0. The van der Waals surface area contributed by atoms with Crippen LogP contribution in [0, 0.1) is 13.8 Å². The van der Waals surface area contributed by atoms with E-state index in [1.54, 1.807) is 4.90 Å². The molecule has 1 aliphatic rings. The summed E-state index contributed by atoms with van der Waals surface area (Å²) >= 11 is 6.02. The Hall–Kier alpha value is -1.94. The molecule has 3 rings (SSSR count). The minimum absolute atomic E-state index is 0.103. The summed E-state index contributed by atoms with van der Waals surface area (Å²) in [7, 11) is 0. The summed E-state index contributed by atoms with van der Waals surface area (Å²) in [5.74, 6) is 1.70. The molecule has 1 aromatic heterocycles. The number of amides is 2. The van der Waals surface area contributed by atoms with Crippen LogP contribution in [0.3, 0.4) is 0 Å². The normalized spacial score (nSPS) is 13.4. The molecule has 0 saturated heterocycles. The molecule has 1 N–H and O–H groups in total. The highest BCUT2D eigenvalue weighted by Crippen LogP contribution is 2.30. The smallest absolute Gasteiger partial charge is 0.322 e. The molecular formula is C16H17ClN2O2. The number of carbonyl (C=O) groups excluding carboxylic acids is 1. The molecule has 4 nitrogen and oxygen atoms in total. The number of carbonyl (C=O) groups is 1. The summed E-state index contributed by atoms with van der Waals surface area (Å²) in [5.41, 5.74) is 3.07. The second kappa shape index (κ2) is 5.45. The predicted molar refractivity (Wildman–Crippen MR) is 82.9 cm³/mol. The van der Waals surface area contributed by atoms with Crippen molar-refractivity contribution in [3.63, 3.8) is 0 Å². The summed E-state index contributed by atoms with van der Waals surface area (Å²) < 4.78 is 5.46. The van der Waals surface area contributed by atoms with Crippen LogP contribution in [0.2, 0.25) is 5.02 Å². The van der Waals surface area contributed by atoms with Crippen LogP contribution < -0.4 is 10.2 Å². The molecule has 0 bridgehead atoms. The number of anilines is 1. The van der Waals surface area contributed by atoms with Crippen LogP contribution in [0.25, 0.3) is 0 Å². The number of nitrogens with one attached hydrogen (secondary N) is 1. The maximum Gasteiger partial charge on any atom is 0.322 e. The van der Waals surface area contributed by atoms with E-state index in [0.717, 1.165) is 34.8 Å². The van der Waals surface area contributed by atoms with Gasteiger partial charge in [-0.25, -0.2) is 4.79 Å². The fourth-order valence-corrected chi connectivity index (χ4v) is 2.85. The number of hydrogen-bond acceptors (Lipinski definition) is 2. The first-order valence-corrected chi connectivity index (χ1v) is 7.32. The standard InChI is InChI=1S/C16H17ClN2O2/c1-10-7-13(11(2)21-10)9-18-16(20)19-6-5-12-3-4-14(17)8-15(12)19/h3-4,7-8H,5-6,9H2,1-2H3,(H,18,20). The van der Waals surface area contributed by atoms with E-state index in [-0.39, 0.29) is 6.03 Å². The van der Waals surface area contributed by atoms with Crippen molar-refractivity contribution in [2.75, 3.05) is 11.4 Å². The van der Waals surface area contributed by atoms with E-state index < -0.39 is 0 Å². The Morgan fingerprint density at radius 2 is 2.19 bits per heavy atom. The van der Waals surface area contributed by atoms with Crippen molar-refractivity contribution in [1.82, 2.24) is 5.32 Å². The molecule has 0 aliphatic carbocycles. The van der Waals surface area contributed by atoms with E-state index in [4.69, 9.17) is 16.0 Å². The van der Waals surface area contributed by atoms with Gasteiger partial charge in [-0.15, -0.1) is 0 Å². The second-order valence-electron chi connectivity index (χ2n) is 5.27. The van der Waals surface area contributed by atoms with Gasteiger partial charge < -0.3 is 9.73 Å². The Morgan fingerprint density at radius 1 is 1.38 bits per heavy atom. The first-order valence-electron chi connectivity index (χ1n) is 6.94. The topological polar surface area (TPSA) is 45.5 Å². The van der Waals surface area contributed by atoms with Gasteiger partial charge in [-0.2, -0.15) is 0 Å². The molecule has 0 atom stereocenters. The summed E-state index contributed by atoms with van der Waals surface area (Å²) in [6.45, 7) is 4.95. The Morgan fingerprint density at radius 3 is 2.90 bits per heavy atom. The van der Waals surface area contributed by atoms with Crippen LogP contribution in [0.1, 0.15) is 22.6 Å². The Kier molecular flexibility index (Phi) is 3.64. The molecule has 2 aromatic rings. The SMILES string of the molecule is Cc1cc(CNC(=O)N2CCc3ccc(Cl)cc32)c(C)o1. The van der Waals surface area contributed by atoms with E-state index >= 15 is 0 Å². The van der Waals surface area contributed by atoms with E-state index in [9.17, 15) is 4.79 Å². The number of benzene rings is 1. The summed E-state index contributed by atoms with van der Waals surface area (Å²) in [6.07, 6.45) is 0.865. The number of furan rings is 1. The fourth-order valence-electron chi connectivity index (χ4n) is 2.69. The quantitative estimate of drug-likeness (QED) is 0.916. The van der Waals surface area contributed by atoms with Gasteiger partial charge in [0.1, 0.15) is 11.5 Å². The van der Waals surface area contributed by atoms with Crippen molar-refractivity contribution in [3.05, 3.63) is 51.9 Å². The molecular weight excluding hydrogens is 288 g/mol. The molecule has 2 heterocycles. The minimum Gasteiger partial charge on any atom is -0.466 e. The van der Waals surface area contributed by atoms with Crippen LogP contribution in [-0.4, -0.2) is 12.6 Å². The van der Waals surface area contributed by atoms with Crippen molar-refractivity contribution >= 4 is 23.3 Å². The van der Waals surface area contributed by atoms with E-state index in [0.29, 0.717) is 18.1 Å². The molecule has 2 amide bonds. The van der Waals surface area contributed by atoms with E-state index in [1.807, 2.05) is 38.1 Å². The van der Waals surface area contributed by atoms with Crippen molar-refractivity contribution in [2.45, 2.75) is 26.8 Å². The minimum atomic E-state index is -0.103. The third-order valence-electron chi connectivity index (χ3n) is 3.76. The van der Waals surface area contributed by atoms with Crippen LogP contribution in [0.5, 0.6) is 0 Å². The molecule has 1 aromatic carbocycles. The largest absolute Gasteiger partial charge is 0.466 e. The van der Waals surface area contributed by atoms with Gasteiger partial charge in [0.05, 0.1) is 5.69 Å². The molecule has 1 aliphatic heterocycles. The molecule has 0 spiro atoms. The zero-order valence-corrected chi connectivity index (χ0v) is 12.8. The lowest BCUT2D eigenvalue weighted by molar-refractivity contribution is 0.246. The van der Waals surface area contributed by atoms with Crippen LogP contribution in [0.15, 0.2) is 28.7 Å². The summed E-state index contributed by atoms with van der Waals surface area (Å²) in [5, 5.41) is 3.59. The molecule has 0 fully saturated rings. The molecule has 0 unspecified atom stereocenters. The van der Waals surface area contributed by atoms with E-state index in [1.165, 1.54) is 0 Å². The molecule has 21 heavy (non-hydrogen) atoms. The van der Waals surface area contributed by atoms with Gasteiger partial charge in [0.2, 0.25) is 0 Å². The van der Waals surface area contributed by atoms with Crippen LogP contribution in [0.4, 0.5) is 10.5 Å². The highest BCUT2D eigenvalue weighted by Gasteiger charge is 2.24. The number of hydrogen-bond donors (Lipinski definition) is 1. The highest BCUT2D eigenvalue weighted by atomic mass is 35.5. The van der Waals surface area contributed by atoms with Crippen molar-refractivity contribution in [1.29, 1.82) is 0 Å². The lowest BCUT2D eigenvalue weighted by Crippen LogP contribution is -2.38. The third-order valence-corrected chi connectivity index (χ3v) is 4.00. The number of rotatable bonds is 2. The Balaban J connectivity index is 1.70. The maximum absolute atomic E-state index is 12.4. The number of fused-ring (bicyclic) bond motifs is 1. The summed E-state index contributed by atoms with van der Waals surface area (Å²) in [4.78, 5) is 14.1. The van der Waals surface area contributed by atoms with E-state index in [2.05, 4.69) is 5.32 Å². The van der Waals surface area contributed by atoms with Gasteiger partial charge in [0.25, 0.3) is 0 Å². The highest BCUT2D eigenvalue weighted by molar-refractivity contribution is 6.31. The van der Waals surface area contributed by atoms with Gasteiger partial charge in [-0.1, -0.05) is 17.7 Å². The van der Waals surface area contributed by atoms with Crippen molar-refractivity contribution in [3.8, 4) is 0 Å². The van der Waals surface area contributed by atoms with Crippen molar-refractivity contribution in [2.24, 2.45) is 0 Å². The van der Waals surface area contributed by atoms with Crippen molar-refractivity contribution < 1.29 is 9.21 Å². The zero-order valence-electron chi connectivity index (χ0n) is 12.1. The van der Waals surface area contributed by atoms with Gasteiger partial charge in [0.15, 0.2) is 0 Å². The Labute approximate surface area is 128 Å². The lowest BCUT2D eigenvalue weighted by Gasteiger charge is -2.18. The first-order chi connectivity index (χ1) is 10.0. The Bertz CT molecular complexity index is 694. The third kappa shape index (κ3) is 2.76. The monoisotopic (exact) mass is 304 g/mol. The average molecular weight is 305 g/mol. The number of aryl methyl sites for hydroxylation is 2. The van der Waals surface area contributed by atoms with Gasteiger partial charge in [-0.3, -0.25) is 4.90 Å². The molecule has 110 valence electrons. The number of halogens is 1. The molecule has 0 radical (unpaired) electrons. The summed E-state index contributed by atoms with van der Waals surface area (Å²) in [6, 6.07) is 7.53. The van der Waals surface area contributed by atoms with Gasteiger partial charge in [0, 0.05) is 23.7 Å². The fraction of sp³-hybridized carbons (Fsp3) is 0.312. The molecule has 5 heteroatoms. The lowest BCUT2D eigenvalue weighted by atomic mass is 10.2. The van der Waals surface area contributed by atoms with Crippen LogP contribution >= 0.6 is 11.6 Å². The van der Waals surface area contributed by atoms with Crippen LogP contribution in [-0.2, 0) is 13.0 Å². The average Bonchev–Trinajstić information content (AvgIpc) is 2.99. The zero-order chi connectivity index (χ0) is 15.0. The maximum atomic E-state index is 12.4. The molecule has 0 saturated carbocycles. The second-order valence-corrected chi connectivity index (χ2v) is 5.71.